The summed E-state index contributed by atoms with van der Waals surface area (Å²) in [5.41, 5.74) is 3.53. The fraction of sp³-hybridized carbons (Fsp3) is 0.280. The van der Waals surface area contributed by atoms with Gasteiger partial charge in [-0.15, -0.1) is 0 Å². The topological polar surface area (TPSA) is 141 Å². The molecule has 0 spiro atoms. The predicted octanol–water partition coefficient (Wildman–Crippen LogP) is 1.49. The van der Waals surface area contributed by atoms with Crippen LogP contribution in [0.1, 0.15) is 15.9 Å². The summed E-state index contributed by atoms with van der Waals surface area (Å²) in [7, 11) is 0. The number of amides is 1. The number of aliphatic hydroxyl groups is 4. The number of hydrogen-bond donors (Lipinski definition) is 5. The largest absolute Gasteiger partial charge is 0.462 e. The van der Waals surface area contributed by atoms with Crippen LogP contribution in [-0.2, 0) is 4.74 Å². The van der Waals surface area contributed by atoms with E-state index in [2.05, 4.69) is 10.3 Å². The highest BCUT2D eigenvalue weighted by Gasteiger charge is 2.44. The van der Waals surface area contributed by atoms with Crippen molar-refractivity contribution in [3.05, 3.63) is 78.1 Å². The van der Waals surface area contributed by atoms with Crippen LogP contribution >= 0.6 is 0 Å². The fourth-order valence-electron chi connectivity index (χ4n) is 3.73. The van der Waals surface area contributed by atoms with Crippen LogP contribution in [0.2, 0.25) is 0 Å². The maximum absolute atomic E-state index is 12.6. The monoisotopic (exact) mass is 466 g/mol. The van der Waals surface area contributed by atoms with Crippen molar-refractivity contribution in [3.63, 3.8) is 0 Å². The van der Waals surface area contributed by atoms with E-state index in [4.69, 9.17) is 9.47 Å². The Morgan fingerprint density at radius 2 is 1.74 bits per heavy atom. The van der Waals surface area contributed by atoms with Gasteiger partial charge in [0.05, 0.1) is 6.61 Å². The number of carbonyl (C=O) groups is 1. The number of pyridine rings is 1. The molecular weight excluding hydrogens is 440 g/mol. The Kier molecular flexibility index (Phi) is 7.20. The Balaban J connectivity index is 1.50. The lowest BCUT2D eigenvalue weighted by Gasteiger charge is -2.39. The molecule has 1 aliphatic rings. The number of hydrogen-bond acceptors (Lipinski definition) is 8. The number of aliphatic hydroxyl groups excluding tert-OH is 4. The van der Waals surface area contributed by atoms with Gasteiger partial charge in [-0.1, -0.05) is 18.2 Å². The van der Waals surface area contributed by atoms with Gasteiger partial charge in [0, 0.05) is 23.6 Å². The van der Waals surface area contributed by atoms with E-state index in [0.29, 0.717) is 17.0 Å². The number of ether oxygens (including phenoxy) is 2. The van der Waals surface area contributed by atoms with Crippen molar-refractivity contribution < 1.29 is 34.7 Å². The van der Waals surface area contributed by atoms with Gasteiger partial charge in [-0.3, -0.25) is 9.78 Å². The summed E-state index contributed by atoms with van der Waals surface area (Å²) in [4.78, 5) is 16.6. The predicted molar refractivity (Wildman–Crippen MR) is 123 cm³/mol. The average molecular weight is 466 g/mol. The Morgan fingerprint density at radius 1 is 1.00 bits per heavy atom. The van der Waals surface area contributed by atoms with E-state index < -0.39 is 37.3 Å². The smallest absolute Gasteiger partial charge is 0.255 e. The molecule has 1 aromatic heterocycles. The van der Waals surface area contributed by atoms with Crippen LogP contribution in [0.25, 0.3) is 11.1 Å². The summed E-state index contributed by atoms with van der Waals surface area (Å²) < 4.78 is 11.2. The van der Waals surface area contributed by atoms with Crippen LogP contribution in [0.4, 0.5) is 5.69 Å². The first-order chi connectivity index (χ1) is 16.4. The number of carbonyl (C=O) groups excluding carboxylic acids is 1. The Morgan fingerprint density at radius 3 is 2.44 bits per heavy atom. The lowest BCUT2D eigenvalue weighted by Crippen LogP contribution is -2.60. The van der Waals surface area contributed by atoms with E-state index in [9.17, 15) is 25.2 Å². The first-order valence-corrected chi connectivity index (χ1v) is 10.8. The lowest BCUT2D eigenvalue weighted by atomic mass is 9.99. The molecular formula is C25H26N2O7. The minimum absolute atomic E-state index is 0.243. The van der Waals surface area contributed by atoms with Crippen molar-refractivity contribution in [2.75, 3.05) is 11.9 Å². The third kappa shape index (κ3) is 5.09. The molecule has 1 aliphatic heterocycles. The highest BCUT2D eigenvalue weighted by Crippen LogP contribution is 2.30. The van der Waals surface area contributed by atoms with Gasteiger partial charge in [-0.2, -0.15) is 0 Å². The maximum Gasteiger partial charge on any atom is 0.255 e. The van der Waals surface area contributed by atoms with E-state index in [1.54, 1.807) is 54.9 Å². The van der Waals surface area contributed by atoms with E-state index in [1.165, 1.54) is 0 Å². The minimum Gasteiger partial charge on any atom is -0.462 e. The molecule has 0 bridgehead atoms. The van der Waals surface area contributed by atoms with Crippen LogP contribution in [0.5, 0.6) is 5.75 Å². The van der Waals surface area contributed by atoms with Gasteiger partial charge in [0.2, 0.25) is 6.29 Å². The normalized spacial score (nSPS) is 24.4. The Bertz CT molecular complexity index is 1140. The van der Waals surface area contributed by atoms with Gasteiger partial charge in [-0.25, -0.2) is 0 Å². The summed E-state index contributed by atoms with van der Waals surface area (Å²) in [5, 5.41) is 42.3. The zero-order valence-corrected chi connectivity index (χ0v) is 18.4. The molecule has 0 aliphatic carbocycles. The second-order valence-electron chi connectivity index (χ2n) is 8.07. The standard InChI is InChI=1S/C25H26N2O7/c1-14-11-16(5-6-19(14)33-25-23(31)22(30)21(29)20(13-28)34-25)15-3-2-4-17(12-15)24(32)27-18-7-9-26-10-8-18/h2-12,20-23,25,28-31H,13H2,1H3,(H,26,27,32). The summed E-state index contributed by atoms with van der Waals surface area (Å²) >= 11 is 0. The molecule has 5 unspecified atom stereocenters. The van der Waals surface area contributed by atoms with Gasteiger partial charge in [0.25, 0.3) is 5.91 Å². The molecule has 34 heavy (non-hydrogen) atoms. The molecule has 5 N–H and O–H groups in total. The van der Waals surface area contributed by atoms with Crippen LogP contribution in [-0.4, -0.2) is 68.6 Å². The van der Waals surface area contributed by atoms with Crippen LogP contribution in [0, 0.1) is 6.92 Å². The van der Waals surface area contributed by atoms with E-state index in [-0.39, 0.29) is 5.91 Å². The van der Waals surface area contributed by atoms with Crippen LogP contribution in [0.15, 0.2) is 67.0 Å². The molecule has 2 heterocycles. The van der Waals surface area contributed by atoms with Crippen molar-refractivity contribution in [1.29, 1.82) is 0 Å². The third-order valence-electron chi connectivity index (χ3n) is 5.66. The average Bonchev–Trinajstić information content (AvgIpc) is 2.86. The number of nitrogens with zero attached hydrogens (tertiary/aromatic N) is 1. The molecule has 178 valence electrons. The highest BCUT2D eigenvalue weighted by molar-refractivity contribution is 6.04. The molecule has 1 saturated heterocycles. The van der Waals surface area contributed by atoms with Crippen LogP contribution < -0.4 is 10.1 Å². The SMILES string of the molecule is Cc1cc(-c2cccc(C(=O)Nc3ccncc3)c2)ccc1OC1OC(CO)C(O)C(O)C1O. The number of anilines is 1. The van der Waals surface area contributed by atoms with Gasteiger partial charge in [0.15, 0.2) is 0 Å². The van der Waals surface area contributed by atoms with Gasteiger partial charge >= 0.3 is 0 Å². The number of aryl methyl sites for hydroxylation is 1. The summed E-state index contributed by atoms with van der Waals surface area (Å²) in [5.74, 6) is 0.159. The molecule has 3 aromatic rings. The van der Waals surface area contributed by atoms with Crippen LogP contribution in [0.3, 0.4) is 0 Å². The molecule has 9 heteroatoms. The number of aromatic nitrogens is 1. The van der Waals surface area contributed by atoms with Crippen molar-refractivity contribution in [2.24, 2.45) is 0 Å². The van der Waals surface area contributed by atoms with Gasteiger partial charge in [0.1, 0.15) is 30.2 Å². The van der Waals surface area contributed by atoms with Crippen molar-refractivity contribution >= 4 is 11.6 Å². The van der Waals surface area contributed by atoms with Crippen molar-refractivity contribution in [1.82, 2.24) is 4.98 Å². The first-order valence-electron chi connectivity index (χ1n) is 10.8. The van der Waals surface area contributed by atoms with E-state index >= 15 is 0 Å². The molecule has 5 atom stereocenters. The van der Waals surface area contributed by atoms with Crippen molar-refractivity contribution in [2.45, 2.75) is 37.6 Å². The molecule has 4 rings (SSSR count). The Hall–Kier alpha value is -3.34. The summed E-state index contributed by atoms with van der Waals surface area (Å²) in [6.45, 7) is 1.27. The Labute approximate surface area is 196 Å². The molecule has 1 fully saturated rings. The second-order valence-corrected chi connectivity index (χ2v) is 8.07. The number of nitrogens with one attached hydrogen (secondary N) is 1. The summed E-state index contributed by atoms with van der Waals surface area (Å²) in [6, 6.07) is 16.0. The zero-order chi connectivity index (χ0) is 24.2. The zero-order valence-electron chi connectivity index (χ0n) is 18.4. The minimum atomic E-state index is -1.52. The van der Waals surface area contributed by atoms with Gasteiger partial charge in [-0.05, 0) is 60.0 Å². The van der Waals surface area contributed by atoms with Gasteiger partial charge < -0.3 is 35.2 Å². The van der Waals surface area contributed by atoms with Crippen molar-refractivity contribution in [3.8, 4) is 16.9 Å². The lowest BCUT2D eigenvalue weighted by molar-refractivity contribution is -0.277. The molecule has 0 radical (unpaired) electrons. The fourth-order valence-corrected chi connectivity index (χ4v) is 3.73. The molecule has 9 nitrogen and oxygen atoms in total. The quantitative estimate of drug-likeness (QED) is 0.368. The number of rotatable bonds is 6. The first kappa shape index (κ1) is 23.8. The molecule has 2 aromatic carbocycles. The third-order valence-corrected chi connectivity index (χ3v) is 5.66. The summed E-state index contributed by atoms with van der Waals surface area (Å²) in [6.07, 6.45) is -3.58. The molecule has 0 saturated carbocycles. The van der Waals surface area contributed by atoms with E-state index in [0.717, 1.165) is 16.7 Å². The molecule has 1 amide bonds. The second kappa shape index (κ2) is 10.3. The van der Waals surface area contributed by atoms with E-state index in [1.807, 2.05) is 19.1 Å². The maximum atomic E-state index is 12.6. The highest BCUT2D eigenvalue weighted by atomic mass is 16.7. The number of benzene rings is 2.